The summed E-state index contributed by atoms with van der Waals surface area (Å²) in [4.78, 5) is 16.5. The summed E-state index contributed by atoms with van der Waals surface area (Å²) in [5.74, 6) is 2.02. The zero-order valence-corrected chi connectivity index (χ0v) is 31.9. The third-order valence-electron chi connectivity index (χ3n) is 10.8. The summed E-state index contributed by atoms with van der Waals surface area (Å²) in [6.45, 7) is 0. The van der Waals surface area contributed by atoms with Crippen LogP contribution in [0.2, 0.25) is 0 Å². The molecule has 10 aromatic rings. The van der Waals surface area contributed by atoms with Crippen LogP contribution in [0.3, 0.4) is 0 Å². The van der Waals surface area contributed by atoms with Crippen LogP contribution in [0.1, 0.15) is 18.4 Å². The fourth-order valence-electron chi connectivity index (χ4n) is 8.18. The van der Waals surface area contributed by atoms with Crippen LogP contribution >= 0.6 is 22.7 Å². The number of allylic oxidation sites excluding steroid dienone is 4. The number of hydrogen-bond donors (Lipinski definition) is 0. The fourth-order valence-corrected chi connectivity index (χ4v) is 10.6. The molecule has 264 valence electrons. The SMILES string of the molecule is C1=CCCC(c2cc(-c3ccccc3)cc(-c3ccccc3)c2-c2nc(-c3cccc4c3sc3ccccc34)nc(-c3cccc4c3sc3ccccc34)n2)=C1. The Hall–Kier alpha value is -6.53. The molecule has 0 unspecified atom stereocenters. The molecule has 0 atom stereocenters. The van der Waals surface area contributed by atoms with Crippen LogP contribution in [0.15, 0.2) is 176 Å². The van der Waals surface area contributed by atoms with E-state index >= 15 is 0 Å². The summed E-state index contributed by atoms with van der Waals surface area (Å²) in [5, 5.41) is 4.94. The highest BCUT2D eigenvalue weighted by molar-refractivity contribution is 7.26. The molecule has 0 N–H and O–H groups in total. The molecule has 0 saturated heterocycles. The van der Waals surface area contributed by atoms with Crippen molar-refractivity contribution in [2.45, 2.75) is 12.8 Å². The number of nitrogens with zero attached hydrogens (tertiary/aromatic N) is 3. The molecule has 0 radical (unpaired) electrons. The molecule has 0 saturated carbocycles. The maximum atomic E-state index is 5.53. The Labute approximate surface area is 332 Å². The highest BCUT2D eigenvalue weighted by Gasteiger charge is 2.24. The molecule has 1 aliphatic carbocycles. The van der Waals surface area contributed by atoms with E-state index < -0.39 is 0 Å². The zero-order chi connectivity index (χ0) is 37.0. The molecule has 3 heterocycles. The van der Waals surface area contributed by atoms with Crippen LogP contribution in [0.5, 0.6) is 0 Å². The quantitative estimate of drug-likeness (QED) is 0.170. The molecule has 0 spiro atoms. The van der Waals surface area contributed by atoms with Crippen LogP contribution < -0.4 is 0 Å². The summed E-state index contributed by atoms with van der Waals surface area (Å²) in [7, 11) is 0. The minimum Gasteiger partial charge on any atom is -0.208 e. The van der Waals surface area contributed by atoms with Crippen LogP contribution in [-0.2, 0) is 0 Å². The van der Waals surface area contributed by atoms with E-state index in [4.69, 9.17) is 15.0 Å². The standard InChI is InChI=1S/C51H33N3S2/c1-4-16-32(17-5-1)35-30-42(33-18-6-2-7-19-33)46(43(31-35)34-20-8-3-9-21-34)51-53-49(40-26-14-24-38-36-22-10-12-28-44(36)55-47(38)40)52-50(54-51)41-27-15-25-39-37-23-11-13-29-45(37)56-48(39)41/h1-8,10-20,22-31H,9,21H2. The van der Waals surface area contributed by atoms with Gasteiger partial charge >= 0.3 is 0 Å². The summed E-state index contributed by atoms with van der Waals surface area (Å²) < 4.78 is 4.86. The first-order valence-electron chi connectivity index (χ1n) is 19.0. The van der Waals surface area contributed by atoms with Gasteiger partial charge in [-0.2, -0.15) is 0 Å². The summed E-state index contributed by atoms with van der Waals surface area (Å²) in [5.41, 5.74) is 10.0. The van der Waals surface area contributed by atoms with E-state index in [0.29, 0.717) is 17.5 Å². The number of rotatable bonds is 6. The first-order valence-corrected chi connectivity index (χ1v) is 20.6. The van der Waals surface area contributed by atoms with Crippen molar-refractivity contribution in [3.05, 3.63) is 182 Å². The first-order chi connectivity index (χ1) is 27.8. The minimum atomic E-state index is 0.671. The van der Waals surface area contributed by atoms with E-state index in [9.17, 15) is 0 Å². The predicted octanol–water partition coefficient (Wildman–Crippen LogP) is 14.7. The molecule has 1 aliphatic rings. The number of hydrogen-bond acceptors (Lipinski definition) is 5. The van der Waals surface area contributed by atoms with Crippen molar-refractivity contribution >= 4 is 68.6 Å². The van der Waals surface area contributed by atoms with E-state index in [1.54, 1.807) is 22.7 Å². The number of benzene rings is 7. The van der Waals surface area contributed by atoms with Gasteiger partial charge in [0.2, 0.25) is 0 Å². The average Bonchev–Trinajstić information content (AvgIpc) is 3.85. The van der Waals surface area contributed by atoms with Gasteiger partial charge in [-0.3, -0.25) is 0 Å². The Morgan fingerprint density at radius 2 is 0.929 bits per heavy atom. The first kappa shape index (κ1) is 32.9. The molecule has 56 heavy (non-hydrogen) atoms. The smallest absolute Gasteiger partial charge is 0.165 e. The van der Waals surface area contributed by atoms with Gasteiger partial charge in [0.05, 0.1) is 0 Å². The topological polar surface area (TPSA) is 38.7 Å². The molecule has 3 nitrogen and oxygen atoms in total. The van der Waals surface area contributed by atoms with Gasteiger partial charge in [-0.15, -0.1) is 22.7 Å². The maximum Gasteiger partial charge on any atom is 0.165 e. The molecule has 0 fully saturated rings. The van der Waals surface area contributed by atoms with Crippen LogP contribution in [0.25, 0.3) is 102 Å². The van der Waals surface area contributed by atoms with Gasteiger partial charge in [0.15, 0.2) is 17.5 Å². The van der Waals surface area contributed by atoms with Gasteiger partial charge in [0, 0.05) is 57.0 Å². The van der Waals surface area contributed by atoms with Crippen LogP contribution in [-0.4, -0.2) is 15.0 Å². The molecule has 3 aromatic heterocycles. The second-order valence-corrected chi connectivity index (χ2v) is 16.3. The molecular formula is C51H33N3S2. The van der Waals surface area contributed by atoms with Gasteiger partial charge in [-0.05, 0) is 82.6 Å². The number of thiophene rings is 2. The molecule has 0 aliphatic heterocycles. The second-order valence-electron chi connectivity index (χ2n) is 14.2. The Balaban J connectivity index is 1.25. The fraction of sp³-hybridized carbons (Fsp3) is 0.0392. The second kappa shape index (κ2) is 13.6. The van der Waals surface area contributed by atoms with Crippen LogP contribution in [0.4, 0.5) is 0 Å². The van der Waals surface area contributed by atoms with E-state index in [-0.39, 0.29) is 0 Å². The lowest BCUT2D eigenvalue weighted by atomic mass is 9.85. The Bertz CT molecular complexity index is 3060. The summed E-state index contributed by atoms with van der Waals surface area (Å²) >= 11 is 3.60. The minimum absolute atomic E-state index is 0.671. The van der Waals surface area contributed by atoms with Gasteiger partial charge in [-0.1, -0.05) is 140 Å². The average molecular weight is 752 g/mol. The molecule has 7 aromatic carbocycles. The molecule has 11 rings (SSSR count). The highest BCUT2D eigenvalue weighted by atomic mass is 32.1. The largest absolute Gasteiger partial charge is 0.208 e. The van der Waals surface area contributed by atoms with Crippen LogP contribution in [0, 0.1) is 0 Å². The van der Waals surface area contributed by atoms with Gasteiger partial charge in [0.1, 0.15) is 0 Å². The monoisotopic (exact) mass is 751 g/mol. The van der Waals surface area contributed by atoms with Crippen molar-refractivity contribution in [3.63, 3.8) is 0 Å². The normalized spacial score (nSPS) is 12.9. The van der Waals surface area contributed by atoms with Gasteiger partial charge in [0.25, 0.3) is 0 Å². The summed E-state index contributed by atoms with van der Waals surface area (Å²) in [6, 6.07) is 56.4. The van der Waals surface area contributed by atoms with Crippen molar-refractivity contribution in [2.24, 2.45) is 0 Å². The van der Waals surface area contributed by atoms with Gasteiger partial charge < -0.3 is 0 Å². The zero-order valence-electron chi connectivity index (χ0n) is 30.3. The lowest BCUT2D eigenvalue weighted by molar-refractivity contribution is 1.05. The Morgan fingerprint density at radius 1 is 0.411 bits per heavy atom. The third kappa shape index (κ3) is 5.59. The van der Waals surface area contributed by atoms with E-state index in [2.05, 4.69) is 176 Å². The predicted molar refractivity (Wildman–Crippen MR) is 239 cm³/mol. The van der Waals surface area contributed by atoms with Crippen molar-refractivity contribution in [1.29, 1.82) is 0 Å². The summed E-state index contributed by atoms with van der Waals surface area (Å²) in [6.07, 6.45) is 8.62. The Morgan fingerprint density at radius 3 is 1.52 bits per heavy atom. The third-order valence-corrected chi connectivity index (χ3v) is 13.3. The lowest BCUT2D eigenvalue weighted by Gasteiger charge is -2.21. The van der Waals surface area contributed by atoms with E-state index in [0.717, 1.165) is 46.2 Å². The van der Waals surface area contributed by atoms with Gasteiger partial charge in [-0.25, -0.2) is 15.0 Å². The lowest BCUT2D eigenvalue weighted by Crippen LogP contribution is -2.04. The maximum absolute atomic E-state index is 5.53. The molecular weight excluding hydrogens is 719 g/mol. The van der Waals surface area contributed by atoms with Crippen molar-refractivity contribution in [3.8, 4) is 56.4 Å². The molecule has 5 heteroatoms. The number of aromatic nitrogens is 3. The van der Waals surface area contributed by atoms with Crippen molar-refractivity contribution in [1.82, 2.24) is 15.0 Å². The Kier molecular flexibility index (Phi) is 8.01. The highest BCUT2D eigenvalue weighted by Crippen LogP contribution is 2.45. The van der Waals surface area contributed by atoms with E-state index in [1.807, 2.05) is 0 Å². The van der Waals surface area contributed by atoms with E-state index in [1.165, 1.54) is 57.0 Å². The van der Waals surface area contributed by atoms with Crippen molar-refractivity contribution in [2.75, 3.05) is 0 Å². The van der Waals surface area contributed by atoms with Crippen molar-refractivity contribution < 1.29 is 0 Å². The molecule has 0 amide bonds. The molecule has 0 bridgehead atoms. The number of fused-ring (bicyclic) bond motifs is 6.